The highest BCUT2D eigenvalue weighted by molar-refractivity contribution is 6.34. The van der Waals surface area contributed by atoms with Gasteiger partial charge in [-0.05, 0) is 22.7 Å². The molecule has 12 nitrogen and oxygen atoms in total. The average molecular weight is 480 g/mol. The second kappa shape index (κ2) is 8.34. The molecule has 4 heterocycles. The number of nitrogens with two attached hydrogens (primary N) is 1. The van der Waals surface area contributed by atoms with E-state index < -0.39 is 17.1 Å². The quantitative estimate of drug-likeness (QED) is 0.521. The maximum atomic E-state index is 11.6. The molecule has 4 rings (SSSR count). The van der Waals surface area contributed by atoms with Gasteiger partial charge in [-0.3, -0.25) is 0 Å². The van der Waals surface area contributed by atoms with Crippen molar-refractivity contribution in [1.29, 1.82) is 0 Å². The molecule has 13 heteroatoms. The maximum Gasteiger partial charge on any atom is 0.407 e. The number of hydrogen-bond acceptors (Lipinski definition) is 9. The van der Waals surface area contributed by atoms with Crippen LogP contribution < -0.4 is 10.5 Å². The van der Waals surface area contributed by atoms with Crippen LogP contribution in [0.25, 0.3) is 22.6 Å². The number of anilines is 1. The summed E-state index contributed by atoms with van der Waals surface area (Å²) in [6, 6.07) is 0. The number of amides is 1. The van der Waals surface area contributed by atoms with Crippen molar-refractivity contribution in [3.05, 3.63) is 11.3 Å². The first kappa shape index (κ1) is 23.1. The Labute approximate surface area is 194 Å². The van der Waals surface area contributed by atoms with Crippen LogP contribution in [0.1, 0.15) is 27.7 Å². The lowest BCUT2D eigenvalue weighted by Crippen LogP contribution is -2.62. The van der Waals surface area contributed by atoms with E-state index in [2.05, 4.69) is 20.3 Å². The van der Waals surface area contributed by atoms with Crippen LogP contribution in [0, 0.1) is 5.41 Å². The lowest BCUT2D eigenvalue weighted by Gasteiger charge is -2.49. The lowest BCUT2D eigenvalue weighted by molar-refractivity contribution is -0.175. The molecule has 1 aliphatic heterocycles. The van der Waals surface area contributed by atoms with Gasteiger partial charge in [-0.2, -0.15) is 0 Å². The summed E-state index contributed by atoms with van der Waals surface area (Å²) < 4.78 is 19.0. The molecule has 33 heavy (non-hydrogen) atoms. The number of carbonyl (C=O) groups is 1. The summed E-state index contributed by atoms with van der Waals surface area (Å²) in [4.78, 5) is 21.8. The highest BCUT2D eigenvalue weighted by Gasteiger charge is 2.48. The third kappa shape index (κ3) is 3.93. The van der Waals surface area contributed by atoms with Crippen LogP contribution in [0.4, 0.5) is 10.6 Å². The molecule has 1 atom stereocenters. The van der Waals surface area contributed by atoms with Gasteiger partial charge in [-0.1, -0.05) is 32.4 Å². The molecule has 1 amide bonds. The average Bonchev–Trinajstić information content (AvgIpc) is 3.36. The Bertz CT molecular complexity index is 1190. The van der Waals surface area contributed by atoms with Crippen LogP contribution in [0.3, 0.4) is 0 Å². The first-order chi connectivity index (χ1) is 15.6. The molecule has 1 unspecified atom stereocenters. The fraction of sp³-hybridized carbons (Fsp3) is 0.550. The Balaban J connectivity index is 1.76. The summed E-state index contributed by atoms with van der Waals surface area (Å²) in [5.74, 6) is 0.940. The number of imidazole rings is 1. The smallest absolute Gasteiger partial charge is 0.407 e. The number of pyridine rings is 1. The number of aryl methyl sites for hydroxylation is 1. The molecule has 0 aromatic carbocycles. The number of hydrogen-bond donors (Lipinski definition) is 2. The van der Waals surface area contributed by atoms with Crippen LogP contribution >= 0.6 is 11.6 Å². The van der Waals surface area contributed by atoms with Crippen molar-refractivity contribution < 1.29 is 24.0 Å². The van der Waals surface area contributed by atoms with E-state index in [9.17, 15) is 9.90 Å². The summed E-state index contributed by atoms with van der Waals surface area (Å²) in [6.45, 7) is 9.26. The Morgan fingerprint density at radius 3 is 2.76 bits per heavy atom. The normalized spacial score (nSPS) is 19.2. The zero-order valence-electron chi connectivity index (χ0n) is 18.8. The summed E-state index contributed by atoms with van der Waals surface area (Å²) >= 11 is 6.35. The van der Waals surface area contributed by atoms with Gasteiger partial charge in [0.05, 0.1) is 19.3 Å². The van der Waals surface area contributed by atoms with Crippen LogP contribution in [0.15, 0.2) is 10.8 Å². The van der Waals surface area contributed by atoms with Crippen molar-refractivity contribution >= 4 is 34.5 Å². The van der Waals surface area contributed by atoms with E-state index in [1.165, 1.54) is 11.1 Å². The van der Waals surface area contributed by atoms with Gasteiger partial charge in [0.25, 0.3) is 0 Å². The molecular formula is C20H26ClN7O5. The van der Waals surface area contributed by atoms with Crippen molar-refractivity contribution in [2.45, 2.75) is 39.8 Å². The van der Waals surface area contributed by atoms with E-state index in [1.807, 2.05) is 32.3 Å². The van der Waals surface area contributed by atoms with E-state index in [1.54, 1.807) is 0 Å². The third-order valence-corrected chi connectivity index (χ3v) is 6.29. The van der Waals surface area contributed by atoms with E-state index >= 15 is 0 Å². The topological polar surface area (TPSA) is 155 Å². The van der Waals surface area contributed by atoms with Gasteiger partial charge in [-0.25, -0.2) is 19.4 Å². The number of halogens is 1. The van der Waals surface area contributed by atoms with Gasteiger partial charge >= 0.3 is 6.09 Å². The number of morpholine rings is 1. The van der Waals surface area contributed by atoms with Crippen LogP contribution in [0.5, 0.6) is 5.75 Å². The van der Waals surface area contributed by atoms with Crippen molar-refractivity contribution in [3.8, 4) is 17.3 Å². The molecular weight excluding hydrogens is 454 g/mol. The van der Waals surface area contributed by atoms with Gasteiger partial charge in [0, 0.05) is 13.1 Å². The maximum absolute atomic E-state index is 11.6. The zero-order valence-corrected chi connectivity index (χ0v) is 19.6. The van der Waals surface area contributed by atoms with E-state index in [0.717, 1.165) is 0 Å². The first-order valence-electron chi connectivity index (χ1n) is 10.5. The van der Waals surface area contributed by atoms with Crippen molar-refractivity contribution in [2.24, 2.45) is 5.41 Å². The minimum absolute atomic E-state index is 0.0938. The van der Waals surface area contributed by atoms with E-state index in [0.29, 0.717) is 35.7 Å². The third-order valence-electron chi connectivity index (χ3n) is 6.02. The predicted octanol–water partition coefficient (Wildman–Crippen LogP) is 2.91. The van der Waals surface area contributed by atoms with Crippen LogP contribution in [0.2, 0.25) is 5.15 Å². The fourth-order valence-electron chi connectivity index (χ4n) is 3.93. The minimum Gasteiger partial charge on any atom is -0.487 e. The van der Waals surface area contributed by atoms with Crippen molar-refractivity contribution in [2.75, 3.05) is 32.0 Å². The van der Waals surface area contributed by atoms with Gasteiger partial charge < -0.3 is 29.8 Å². The Kier molecular flexibility index (Phi) is 5.83. The molecule has 178 valence electrons. The van der Waals surface area contributed by atoms with Gasteiger partial charge in [0.15, 0.2) is 28.2 Å². The molecule has 0 bridgehead atoms. The minimum atomic E-state index is -0.991. The Hall–Kier alpha value is -3.12. The lowest BCUT2D eigenvalue weighted by atomic mass is 9.75. The predicted molar refractivity (Wildman–Crippen MR) is 119 cm³/mol. The largest absolute Gasteiger partial charge is 0.487 e. The number of carboxylic acid groups (broad SMARTS) is 1. The highest BCUT2D eigenvalue weighted by atomic mass is 35.5. The summed E-state index contributed by atoms with van der Waals surface area (Å²) in [5.41, 5.74) is 5.88. The Morgan fingerprint density at radius 1 is 1.39 bits per heavy atom. The monoisotopic (exact) mass is 479 g/mol. The fourth-order valence-corrected chi connectivity index (χ4v) is 4.11. The second-order valence-corrected chi connectivity index (χ2v) is 9.23. The molecule has 1 saturated heterocycles. The number of nitrogens with zero attached hydrogens (tertiary/aromatic N) is 6. The van der Waals surface area contributed by atoms with Gasteiger partial charge in [0.2, 0.25) is 0 Å². The highest BCUT2D eigenvalue weighted by Crippen LogP contribution is 2.39. The van der Waals surface area contributed by atoms with E-state index in [-0.39, 0.29) is 36.4 Å². The number of fused-ring (bicyclic) bond motifs is 1. The second-order valence-electron chi connectivity index (χ2n) is 8.87. The summed E-state index contributed by atoms with van der Waals surface area (Å²) in [6.07, 6.45) is 0.524. The number of nitrogen functional groups attached to an aromatic ring is 1. The number of rotatable bonds is 5. The van der Waals surface area contributed by atoms with Crippen molar-refractivity contribution in [1.82, 2.24) is 29.7 Å². The molecule has 0 saturated carbocycles. The summed E-state index contributed by atoms with van der Waals surface area (Å²) in [5, 5.41) is 17.2. The zero-order chi connectivity index (χ0) is 24.0. The van der Waals surface area contributed by atoms with Crippen LogP contribution in [-0.2, 0) is 11.3 Å². The van der Waals surface area contributed by atoms with Crippen LogP contribution in [-0.4, -0.2) is 72.9 Å². The Morgan fingerprint density at radius 2 is 2.15 bits per heavy atom. The standard InChI is InChI=1S/C20H26ClN7O5/c1-5-28-14-11(8-23-15(21)12(14)24-17(28)13-16(22)26-33-25-13)31-10-20(19(2,3)4)9-27(18(29)30)6-7-32-20/h8H,5-7,9-10H2,1-4H3,(H2,22,26)(H,29,30). The number of ether oxygens (including phenoxy) is 2. The molecule has 1 fully saturated rings. The molecule has 1 aliphatic rings. The molecule has 3 aromatic heterocycles. The van der Waals surface area contributed by atoms with Gasteiger partial charge in [-0.15, -0.1) is 0 Å². The number of aromatic nitrogens is 5. The molecule has 3 N–H and O–H groups in total. The van der Waals surface area contributed by atoms with E-state index in [4.69, 9.17) is 31.4 Å². The summed E-state index contributed by atoms with van der Waals surface area (Å²) in [7, 11) is 0. The molecule has 0 aliphatic carbocycles. The molecule has 3 aromatic rings. The van der Waals surface area contributed by atoms with Crippen molar-refractivity contribution in [3.63, 3.8) is 0 Å². The molecule has 0 spiro atoms. The van der Waals surface area contributed by atoms with Gasteiger partial charge in [0.1, 0.15) is 23.2 Å². The molecule has 0 radical (unpaired) electrons. The SMILES string of the molecule is CCn1c(-c2nonc2N)nc2c(Cl)ncc(OCC3(C(C)(C)C)CN(C(=O)O)CCO3)c21. The first-order valence-corrected chi connectivity index (χ1v) is 10.8.